The predicted molar refractivity (Wildman–Crippen MR) is 180 cm³/mol. The number of aromatic nitrogens is 4. The molecular weight excluding hydrogens is 874 g/mol. The van der Waals surface area contributed by atoms with Crippen molar-refractivity contribution < 1.29 is 27.5 Å². The summed E-state index contributed by atoms with van der Waals surface area (Å²) >= 11 is 13.4. The topological polar surface area (TPSA) is 263 Å². The van der Waals surface area contributed by atoms with Gasteiger partial charge >= 0.3 is 5.95 Å². The molecule has 45 heavy (non-hydrogen) atoms. The van der Waals surface area contributed by atoms with Gasteiger partial charge in [0.05, 0.1) is 36.4 Å². The second-order valence-corrected chi connectivity index (χ2v) is 15.3. The smallest absolute Gasteiger partial charge is 0.350 e. The lowest BCUT2D eigenvalue weighted by atomic mass is 9.64. The van der Waals surface area contributed by atoms with Crippen LogP contribution in [0.25, 0.3) is 0 Å². The molecule has 1 aliphatic heterocycles. The maximum atomic E-state index is 13.1. The van der Waals surface area contributed by atoms with Crippen LogP contribution in [0.15, 0.2) is 40.3 Å². The zero-order chi connectivity index (χ0) is 32.7. The van der Waals surface area contributed by atoms with Gasteiger partial charge in [-0.2, -0.15) is 8.42 Å². The molecule has 0 radical (unpaired) electrons. The number of H-pyrrole nitrogens is 4. The second kappa shape index (κ2) is 13.2. The molecule has 21 heteroatoms. The minimum absolute atomic E-state index is 0.0382. The standard InChI is InChI=1S/C24H27Br4N11O5S/c25-11-6-14(34-17(11)27)19(40)31-2-1-10-16-13(36-22(29)37-16)5-9(8-33-20(41)15-7-12(26)18(28)35-15)24(10)21(38-23(30)39-24)32-3-4-45(42,43)44/h6-7,9-10,34-35H,1-5,8H2,(H,31,40)(H,33,41)(H3,29,36,37)(H,42,43,44)(H3,30,32,38,39)/p+1/t9-,10-,24+/m0/s1. The SMILES string of the molecule is NC1=N[C@]2(C(=NCCS(=O)(=O)O)N1)[C@H](CNC(=O)c1cc(Br)c(Br)[nH]1)Cc1[nH]c(N)[nH+]c1[C@@H]2CCNC(=O)c1cc(Br)c(Br)[nH]1. The molecule has 0 unspecified atom stereocenters. The van der Waals surface area contributed by atoms with E-state index in [1.807, 2.05) is 0 Å². The minimum atomic E-state index is -4.31. The number of imidazole rings is 1. The molecule has 1 spiro atoms. The summed E-state index contributed by atoms with van der Waals surface area (Å²) in [7, 11) is -4.31. The summed E-state index contributed by atoms with van der Waals surface area (Å²) in [4.78, 5) is 47.6. The van der Waals surface area contributed by atoms with Crippen LogP contribution in [0.3, 0.4) is 0 Å². The number of carbonyl (C=O) groups is 2. The third-order valence-corrected chi connectivity index (χ3v) is 11.8. The van der Waals surface area contributed by atoms with Crippen molar-refractivity contribution in [1.82, 2.24) is 30.9 Å². The van der Waals surface area contributed by atoms with E-state index in [4.69, 9.17) is 16.5 Å². The molecule has 1 aliphatic carbocycles. The molecule has 3 atom stereocenters. The van der Waals surface area contributed by atoms with Crippen molar-refractivity contribution in [2.24, 2.45) is 21.6 Å². The van der Waals surface area contributed by atoms with Gasteiger partial charge in [-0.05, 0) is 82.3 Å². The number of anilines is 1. The van der Waals surface area contributed by atoms with Gasteiger partial charge in [0.15, 0.2) is 5.96 Å². The average Bonchev–Trinajstić information content (AvgIpc) is 3.69. The number of fused-ring (bicyclic) bond motifs is 1. The number of nitrogen functional groups attached to an aromatic ring is 1. The van der Waals surface area contributed by atoms with E-state index in [1.165, 1.54) is 0 Å². The summed E-state index contributed by atoms with van der Waals surface area (Å²) in [6.45, 7) is 0.0189. The van der Waals surface area contributed by atoms with E-state index in [2.05, 4.69) is 105 Å². The molecule has 12 N–H and O–H groups in total. The number of nitrogens with two attached hydrogens (primary N) is 2. The first-order chi connectivity index (χ1) is 21.2. The van der Waals surface area contributed by atoms with Crippen LogP contribution in [0.5, 0.6) is 0 Å². The molecule has 0 aromatic carbocycles. The van der Waals surface area contributed by atoms with Crippen molar-refractivity contribution in [1.29, 1.82) is 0 Å². The van der Waals surface area contributed by atoms with Crippen LogP contribution in [0, 0.1) is 5.92 Å². The fourth-order valence-electron chi connectivity index (χ4n) is 5.70. The van der Waals surface area contributed by atoms with Crippen molar-refractivity contribution in [3.05, 3.63) is 53.1 Å². The van der Waals surface area contributed by atoms with Crippen molar-refractivity contribution >= 4 is 103 Å². The Labute approximate surface area is 290 Å². The number of nitrogens with one attached hydrogen (secondary N) is 7. The van der Waals surface area contributed by atoms with Crippen LogP contribution in [0.1, 0.15) is 44.7 Å². The van der Waals surface area contributed by atoms with Crippen LogP contribution in [0.4, 0.5) is 5.95 Å². The maximum Gasteiger partial charge on any atom is 0.350 e. The Kier molecular flexibility index (Phi) is 9.85. The Morgan fingerprint density at radius 2 is 1.69 bits per heavy atom. The number of aromatic amines is 4. The van der Waals surface area contributed by atoms with E-state index in [9.17, 15) is 22.6 Å². The number of rotatable bonds is 10. The highest BCUT2D eigenvalue weighted by molar-refractivity contribution is 9.13. The Morgan fingerprint density at radius 3 is 2.27 bits per heavy atom. The fourth-order valence-corrected chi connectivity index (χ4v) is 7.33. The summed E-state index contributed by atoms with van der Waals surface area (Å²) < 4.78 is 34.9. The maximum absolute atomic E-state index is 13.1. The second-order valence-electron chi connectivity index (χ2n) is 10.4. The monoisotopic (exact) mass is 898 g/mol. The Morgan fingerprint density at radius 1 is 1.07 bits per heavy atom. The van der Waals surface area contributed by atoms with Gasteiger partial charge in [0.2, 0.25) is 0 Å². The fraction of sp³-hybridized carbons (Fsp3) is 0.375. The molecular formula is C24H28Br4N11O5S+. The highest BCUT2D eigenvalue weighted by Gasteiger charge is 2.58. The van der Waals surface area contributed by atoms with Gasteiger partial charge < -0.3 is 31.7 Å². The number of amidine groups is 1. The number of halogens is 4. The molecule has 2 amide bonds. The number of guanidine groups is 1. The zero-order valence-corrected chi connectivity index (χ0v) is 30.3. The molecule has 4 heterocycles. The number of hydrogen-bond donors (Lipinski definition) is 9. The predicted octanol–water partition coefficient (Wildman–Crippen LogP) is 1.57. The van der Waals surface area contributed by atoms with E-state index < -0.39 is 33.2 Å². The molecule has 2 aliphatic rings. The van der Waals surface area contributed by atoms with Crippen molar-refractivity contribution in [3.8, 4) is 0 Å². The van der Waals surface area contributed by atoms with Gasteiger partial charge in [-0.3, -0.25) is 24.9 Å². The molecule has 3 aromatic rings. The minimum Gasteiger partial charge on any atom is -0.370 e. The van der Waals surface area contributed by atoms with Gasteiger partial charge in [-0.15, -0.1) is 0 Å². The third-order valence-electron chi connectivity index (χ3n) is 7.55. The Hall–Kier alpha value is -2.72. The first-order valence-corrected chi connectivity index (χ1v) is 18.1. The van der Waals surface area contributed by atoms with Crippen molar-refractivity contribution in [2.75, 3.05) is 31.1 Å². The van der Waals surface area contributed by atoms with Crippen LogP contribution in [0.2, 0.25) is 0 Å². The van der Waals surface area contributed by atoms with Gasteiger partial charge in [0.1, 0.15) is 34.2 Å². The quantitative estimate of drug-likeness (QED) is 0.135. The van der Waals surface area contributed by atoms with E-state index in [0.717, 1.165) is 5.69 Å². The van der Waals surface area contributed by atoms with Crippen LogP contribution >= 0.6 is 63.7 Å². The molecule has 5 rings (SSSR count). The number of amides is 2. The van der Waals surface area contributed by atoms with Gasteiger partial charge in [0, 0.05) is 25.4 Å². The summed E-state index contributed by atoms with van der Waals surface area (Å²) in [5.41, 5.74) is 13.3. The van der Waals surface area contributed by atoms with Crippen LogP contribution < -0.4 is 32.4 Å². The number of nitrogens with zero attached hydrogens (tertiary/aromatic N) is 2. The molecule has 16 nitrogen and oxygen atoms in total. The van der Waals surface area contributed by atoms with Gasteiger partial charge in [0.25, 0.3) is 21.9 Å². The van der Waals surface area contributed by atoms with Crippen LogP contribution in [-0.2, 0) is 16.5 Å². The largest absolute Gasteiger partial charge is 0.370 e. The summed E-state index contributed by atoms with van der Waals surface area (Å²) in [6.07, 6.45) is 0.664. The number of hydrogen-bond acceptors (Lipinski definition) is 8. The number of carbonyl (C=O) groups excluding carboxylic acids is 2. The summed E-state index contributed by atoms with van der Waals surface area (Å²) in [6, 6.07) is 3.28. The molecule has 0 fully saturated rings. The first kappa shape index (κ1) is 33.6. The van der Waals surface area contributed by atoms with Crippen molar-refractivity contribution in [2.45, 2.75) is 24.3 Å². The van der Waals surface area contributed by atoms with E-state index in [0.29, 0.717) is 54.0 Å². The Balaban J connectivity index is 1.50. The Bertz CT molecular complexity index is 1780. The van der Waals surface area contributed by atoms with Gasteiger partial charge in [-0.25, -0.2) is 15.0 Å². The number of aliphatic imine (C=N–C) groups is 2. The molecule has 0 saturated carbocycles. The van der Waals surface area contributed by atoms with Gasteiger partial charge in [-0.1, -0.05) is 0 Å². The molecule has 0 bridgehead atoms. The third kappa shape index (κ3) is 7.17. The highest BCUT2D eigenvalue weighted by Crippen LogP contribution is 2.47. The van der Waals surface area contributed by atoms with Crippen molar-refractivity contribution in [3.63, 3.8) is 0 Å². The highest BCUT2D eigenvalue weighted by atomic mass is 79.9. The van der Waals surface area contributed by atoms with E-state index in [1.54, 1.807) is 12.1 Å². The first-order valence-electron chi connectivity index (χ1n) is 13.3. The average molecular weight is 902 g/mol. The lowest BCUT2D eigenvalue weighted by Gasteiger charge is -2.43. The lowest BCUT2D eigenvalue weighted by Crippen LogP contribution is -2.58. The lowest BCUT2D eigenvalue weighted by molar-refractivity contribution is -0.375. The normalized spacial score (nSPS) is 21.9. The molecule has 3 aromatic heterocycles. The van der Waals surface area contributed by atoms with Crippen LogP contribution in [-0.4, -0.2) is 82.5 Å². The molecule has 242 valence electrons. The molecule has 0 saturated heterocycles. The van der Waals surface area contributed by atoms with E-state index >= 15 is 0 Å². The van der Waals surface area contributed by atoms with E-state index in [-0.39, 0.29) is 43.2 Å². The summed E-state index contributed by atoms with van der Waals surface area (Å²) in [5, 5.41) is 8.85. The zero-order valence-electron chi connectivity index (χ0n) is 23.1. The summed E-state index contributed by atoms with van der Waals surface area (Å²) in [5.74, 6) is -1.75.